The molecular weight excluding hydrogens is 402 g/mol. The van der Waals surface area contributed by atoms with Crippen molar-refractivity contribution in [1.29, 1.82) is 0 Å². The van der Waals surface area contributed by atoms with Crippen LogP contribution in [0.1, 0.15) is 45.6 Å². The fraction of sp³-hybridized carbons (Fsp3) is 0.591. The standard InChI is InChI=1S/C22H31N3O6/c1-22(2,3)31-20(27)24-18-13-16(25-11-12-29-21(25)28)9-10-17(18)23-19(26)30-14-15-7-5-4-6-8-15/h4-8,16-18H,9-14H2,1-3H3,(H,23,26)(H,24,27). The molecule has 3 amide bonds. The summed E-state index contributed by atoms with van der Waals surface area (Å²) >= 11 is 0. The first-order valence-electron chi connectivity index (χ1n) is 10.6. The van der Waals surface area contributed by atoms with Gasteiger partial charge in [-0.05, 0) is 45.6 Å². The molecule has 1 saturated heterocycles. The first-order chi connectivity index (χ1) is 14.7. The van der Waals surface area contributed by atoms with Crippen LogP contribution >= 0.6 is 0 Å². The Kier molecular flexibility index (Phi) is 7.25. The third-order valence-electron chi connectivity index (χ3n) is 5.27. The third kappa shape index (κ3) is 6.77. The lowest BCUT2D eigenvalue weighted by molar-refractivity contribution is 0.0453. The highest BCUT2D eigenvalue weighted by atomic mass is 16.6. The maximum absolute atomic E-state index is 12.4. The predicted molar refractivity (Wildman–Crippen MR) is 112 cm³/mol. The Labute approximate surface area is 182 Å². The van der Waals surface area contributed by atoms with Crippen molar-refractivity contribution >= 4 is 18.3 Å². The van der Waals surface area contributed by atoms with Gasteiger partial charge in [-0.25, -0.2) is 14.4 Å². The zero-order chi connectivity index (χ0) is 22.4. The summed E-state index contributed by atoms with van der Waals surface area (Å²) in [5.74, 6) is 0. The summed E-state index contributed by atoms with van der Waals surface area (Å²) in [5.41, 5.74) is 0.242. The number of carbonyl (C=O) groups is 3. The van der Waals surface area contributed by atoms with Gasteiger partial charge in [0.25, 0.3) is 0 Å². The monoisotopic (exact) mass is 433 g/mol. The van der Waals surface area contributed by atoms with Crippen LogP contribution in [0.3, 0.4) is 0 Å². The van der Waals surface area contributed by atoms with Crippen molar-refractivity contribution in [3.05, 3.63) is 35.9 Å². The summed E-state index contributed by atoms with van der Waals surface area (Å²) in [6.07, 6.45) is 0.295. The van der Waals surface area contributed by atoms with E-state index in [0.717, 1.165) is 5.56 Å². The average Bonchev–Trinajstić information content (AvgIpc) is 3.13. The van der Waals surface area contributed by atoms with Crippen LogP contribution in [0.5, 0.6) is 0 Å². The Bertz CT molecular complexity index is 779. The van der Waals surface area contributed by atoms with Crippen molar-refractivity contribution in [1.82, 2.24) is 15.5 Å². The number of rotatable bonds is 5. The lowest BCUT2D eigenvalue weighted by Gasteiger charge is -2.39. The largest absolute Gasteiger partial charge is 0.448 e. The minimum absolute atomic E-state index is 0.0756. The van der Waals surface area contributed by atoms with Crippen molar-refractivity contribution < 1.29 is 28.6 Å². The Morgan fingerprint density at radius 3 is 2.45 bits per heavy atom. The smallest absolute Gasteiger partial charge is 0.410 e. The second-order valence-electron chi connectivity index (χ2n) is 8.84. The highest BCUT2D eigenvalue weighted by molar-refractivity contribution is 5.71. The van der Waals surface area contributed by atoms with E-state index in [0.29, 0.717) is 32.4 Å². The number of cyclic esters (lactones) is 1. The number of carbonyl (C=O) groups excluding carboxylic acids is 3. The molecule has 2 N–H and O–H groups in total. The number of amides is 3. The van der Waals surface area contributed by atoms with Crippen molar-refractivity contribution in [3.8, 4) is 0 Å². The predicted octanol–water partition coefficient (Wildman–Crippen LogP) is 3.18. The molecule has 2 fully saturated rings. The van der Waals surface area contributed by atoms with E-state index in [2.05, 4.69) is 10.6 Å². The molecule has 9 heteroatoms. The van der Waals surface area contributed by atoms with Gasteiger partial charge in [-0.2, -0.15) is 0 Å². The maximum atomic E-state index is 12.4. The molecule has 0 aromatic heterocycles. The van der Waals surface area contributed by atoms with Crippen LogP contribution < -0.4 is 10.6 Å². The van der Waals surface area contributed by atoms with Crippen molar-refractivity contribution in [2.45, 2.75) is 70.4 Å². The van der Waals surface area contributed by atoms with Gasteiger partial charge in [-0.15, -0.1) is 0 Å². The van der Waals surface area contributed by atoms with Crippen LogP contribution in [0.2, 0.25) is 0 Å². The fourth-order valence-corrected chi connectivity index (χ4v) is 3.88. The number of ether oxygens (including phenoxy) is 3. The third-order valence-corrected chi connectivity index (χ3v) is 5.27. The number of alkyl carbamates (subject to hydrolysis) is 2. The summed E-state index contributed by atoms with van der Waals surface area (Å²) in [6, 6.07) is 8.57. The number of benzene rings is 1. The molecule has 1 aromatic carbocycles. The zero-order valence-electron chi connectivity index (χ0n) is 18.3. The Morgan fingerprint density at radius 1 is 1.10 bits per heavy atom. The van der Waals surface area contributed by atoms with Crippen LogP contribution in [-0.2, 0) is 20.8 Å². The molecule has 3 unspecified atom stereocenters. The van der Waals surface area contributed by atoms with Crippen LogP contribution in [0.25, 0.3) is 0 Å². The number of nitrogens with zero attached hydrogens (tertiary/aromatic N) is 1. The van der Waals surface area contributed by atoms with E-state index in [1.165, 1.54) is 0 Å². The molecule has 1 aliphatic heterocycles. The molecular formula is C22H31N3O6. The molecule has 1 saturated carbocycles. The topological polar surface area (TPSA) is 106 Å². The van der Waals surface area contributed by atoms with E-state index in [1.54, 1.807) is 25.7 Å². The van der Waals surface area contributed by atoms with Gasteiger partial charge >= 0.3 is 18.3 Å². The van der Waals surface area contributed by atoms with Crippen molar-refractivity contribution in [2.75, 3.05) is 13.2 Å². The summed E-state index contributed by atoms with van der Waals surface area (Å²) in [4.78, 5) is 38.4. The van der Waals surface area contributed by atoms with E-state index in [-0.39, 0.29) is 24.8 Å². The van der Waals surface area contributed by atoms with Crippen LogP contribution in [0.15, 0.2) is 30.3 Å². The Balaban J connectivity index is 1.61. The molecule has 3 rings (SSSR count). The highest BCUT2D eigenvalue weighted by Crippen LogP contribution is 2.26. The number of nitrogens with one attached hydrogen (secondary N) is 2. The van der Waals surface area contributed by atoms with E-state index in [4.69, 9.17) is 14.2 Å². The Hall–Kier alpha value is -2.97. The van der Waals surface area contributed by atoms with Gasteiger partial charge < -0.3 is 29.7 Å². The fourth-order valence-electron chi connectivity index (χ4n) is 3.88. The molecule has 0 radical (unpaired) electrons. The van der Waals surface area contributed by atoms with Crippen LogP contribution in [-0.4, -0.2) is 60.1 Å². The molecule has 0 bridgehead atoms. The van der Waals surface area contributed by atoms with Gasteiger partial charge in [0.15, 0.2) is 0 Å². The minimum atomic E-state index is -0.644. The van der Waals surface area contributed by atoms with E-state index < -0.39 is 23.8 Å². The first kappa shape index (κ1) is 22.7. The quantitative estimate of drug-likeness (QED) is 0.691. The summed E-state index contributed by atoms with van der Waals surface area (Å²) < 4.78 is 15.8. The zero-order valence-corrected chi connectivity index (χ0v) is 18.3. The lowest BCUT2D eigenvalue weighted by atomic mass is 9.86. The van der Waals surface area contributed by atoms with Gasteiger partial charge in [0.2, 0.25) is 0 Å². The second kappa shape index (κ2) is 9.89. The number of hydrogen-bond acceptors (Lipinski definition) is 6. The molecule has 1 aliphatic carbocycles. The molecule has 170 valence electrons. The van der Waals surface area contributed by atoms with Gasteiger partial charge in [0, 0.05) is 6.04 Å². The van der Waals surface area contributed by atoms with Gasteiger partial charge in [0.05, 0.1) is 18.6 Å². The minimum Gasteiger partial charge on any atom is -0.448 e. The SMILES string of the molecule is CC(C)(C)OC(=O)NC1CC(N2CCOC2=O)CCC1NC(=O)OCc1ccccc1. The number of hydrogen-bond donors (Lipinski definition) is 2. The normalized spacial score (nSPS) is 23.6. The molecule has 9 nitrogen and oxygen atoms in total. The lowest BCUT2D eigenvalue weighted by Crippen LogP contribution is -2.58. The van der Waals surface area contributed by atoms with E-state index >= 15 is 0 Å². The van der Waals surface area contributed by atoms with E-state index in [1.807, 2.05) is 30.3 Å². The summed E-state index contributed by atoms with van der Waals surface area (Å²) in [5, 5.41) is 5.73. The van der Waals surface area contributed by atoms with E-state index in [9.17, 15) is 14.4 Å². The van der Waals surface area contributed by atoms with Crippen molar-refractivity contribution in [2.24, 2.45) is 0 Å². The summed E-state index contributed by atoms with van der Waals surface area (Å²) in [7, 11) is 0. The molecule has 0 spiro atoms. The molecule has 3 atom stereocenters. The average molecular weight is 434 g/mol. The molecule has 1 aromatic rings. The molecule has 1 heterocycles. The summed E-state index contributed by atoms with van der Waals surface area (Å²) in [6.45, 7) is 6.41. The second-order valence-corrected chi connectivity index (χ2v) is 8.84. The van der Waals surface area contributed by atoms with Crippen LogP contribution in [0, 0.1) is 0 Å². The van der Waals surface area contributed by atoms with Gasteiger partial charge in [-0.1, -0.05) is 30.3 Å². The maximum Gasteiger partial charge on any atom is 0.410 e. The molecule has 2 aliphatic rings. The Morgan fingerprint density at radius 2 is 1.81 bits per heavy atom. The molecule has 31 heavy (non-hydrogen) atoms. The highest BCUT2D eigenvalue weighted by Gasteiger charge is 2.39. The van der Waals surface area contributed by atoms with Crippen molar-refractivity contribution in [3.63, 3.8) is 0 Å². The van der Waals surface area contributed by atoms with Gasteiger partial charge in [0.1, 0.15) is 18.8 Å². The van der Waals surface area contributed by atoms with Crippen LogP contribution in [0.4, 0.5) is 14.4 Å². The first-order valence-corrected chi connectivity index (χ1v) is 10.6. The van der Waals surface area contributed by atoms with Gasteiger partial charge in [-0.3, -0.25) is 0 Å².